The van der Waals surface area contributed by atoms with Crippen molar-refractivity contribution in [3.8, 4) is 11.5 Å². The summed E-state index contributed by atoms with van der Waals surface area (Å²) in [6.07, 6.45) is 10.2. The highest BCUT2D eigenvalue weighted by molar-refractivity contribution is 5.82. The third-order valence-corrected chi connectivity index (χ3v) is 3.58. The Morgan fingerprint density at radius 2 is 1.88 bits per heavy atom. The summed E-state index contributed by atoms with van der Waals surface area (Å²) in [4.78, 5) is 10.6. The number of benzene rings is 1. The van der Waals surface area contributed by atoms with Crippen LogP contribution in [-0.2, 0) is 0 Å². The summed E-state index contributed by atoms with van der Waals surface area (Å²) in [5.41, 5.74) is 7.87. The van der Waals surface area contributed by atoms with Crippen molar-refractivity contribution in [2.24, 2.45) is 10.8 Å². The molecule has 0 aliphatic heterocycles. The van der Waals surface area contributed by atoms with Crippen molar-refractivity contribution < 1.29 is 14.3 Å². The third kappa shape index (κ3) is 8.41. The van der Waals surface area contributed by atoms with Crippen molar-refractivity contribution in [3.63, 3.8) is 0 Å². The van der Waals surface area contributed by atoms with Crippen molar-refractivity contribution >= 4 is 12.2 Å². The molecule has 0 aliphatic rings. The summed E-state index contributed by atoms with van der Waals surface area (Å²) in [6, 6.07) is 4.78. The second-order valence-electron chi connectivity index (χ2n) is 5.61. The number of carbonyl (C=O) groups is 1. The van der Waals surface area contributed by atoms with Gasteiger partial charge in [-0.3, -0.25) is 0 Å². The fraction of sp³-hybridized carbons (Fsp3) is 0.556. The van der Waals surface area contributed by atoms with E-state index in [0.717, 1.165) is 12.0 Å². The van der Waals surface area contributed by atoms with Gasteiger partial charge in [0.25, 0.3) is 0 Å². The molecule has 2 amide bonds. The maximum Gasteiger partial charge on any atom is 0.332 e. The topological polar surface area (TPSA) is 85.9 Å². The van der Waals surface area contributed by atoms with Crippen LogP contribution >= 0.6 is 0 Å². The zero-order chi connectivity index (χ0) is 17.6. The first-order valence-corrected chi connectivity index (χ1v) is 8.56. The van der Waals surface area contributed by atoms with Gasteiger partial charge >= 0.3 is 6.03 Å². The molecular weight excluding hydrogens is 306 g/mol. The summed E-state index contributed by atoms with van der Waals surface area (Å²) in [5, 5.41) is 3.72. The quantitative estimate of drug-likeness (QED) is 0.346. The highest BCUT2D eigenvalue weighted by atomic mass is 16.5. The lowest BCUT2D eigenvalue weighted by molar-refractivity contribution is 0.249. The molecule has 0 saturated carbocycles. The number of urea groups is 1. The molecule has 1 rings (SSSR count). The molecule has 24 heavy (non-hydrogen) atoms. The number of hydrogen-bond acceptors (Lipinski definition) is 4. The molecule has 1 aromatic rings. The van der Waals surface area contributed by atoms with Gasteiger partial charge in [-0.25, -0.2) is 10.2 Å². The van der Waals surface area contributed by atoms with Gasteiger partial charge in [-0.2, -0.15) is 5.10 Å². The van der Waals surface area contributed by atoms with E-state index in [1.807, 2.05) is 12.1 Å². The van der Waals surface area contributed by atoms with Crippen LogP contribution in [0.3, 0.4) is 0 Å². The smallest absolute Gasteiger partial charge is 0.332 e. The van der Waals surface area contributed by atoms with E-state index < -0.39 is 6.03 Å². The number of nitrogens with zero attached hydrogens (tertiary/aromatic N) is 1. The van der Waals surface area contributed by atoms with Gasteiger partial charge in [0.15, 0.2) is 11.5 Å². The first-order valence-electron chi connectivity index (χ1n) is 8.56. The lowest BCUT2D eigenvalue weighted by Crippen LogP contribution is -2.24. The lowest BCUT2D eigenvalue weighted by atomic mass is 10.1. The maximum absolute atomic E-state index is 10.6. The molecule has 3 N–H and O–H groups in total. The van der Waals surface area contributed by atoms with E-state index >= 15 is 0 Å². The van der Waals surface area contributed by atoms with Crippen molar-refractivity contribution in [3.05, 3.63) is 23.8 Å². The largest absolute Gasteiger partial charge is 0.493 e. The predicted octanol–water partition coefficient (Wildman–Crippen LogP) is 3.83. The fourth-order valence-electron chi connectivity index (χ4n) is 2.30. The summed E-state index contributed by atoms with van der Waals surface area (Å²) in [6.45, 7) is 2.91. The number of unbranched alkanes of at least 4 members (excludes halogenated alkanes) is 6. The van der Waals surface area contributed by atoms with E-state index in [2.05, 4.69) is 17.5 Å². The van der Waals surface area contributed by atoms with Gasteiger partial charge in [-0.15, -0.1) is 0 Å². The summed E-state index contributed by atoms with van der Waals surface area (Å²) in [5.74, 6) is 1.35. The minimum atomic E-state index is -0.701. The second kappa shape index (κ2) is 12.2. The van der Waals surface area contributed by atoms with Gasteiger partial charge in [-0.05, 0) is 30.2 Å². The average molecular weight is 335 g/mol. The van der Waals surface area contributed by atoms with Crippen LogP contribution < -0.4 is 20.6 Å². The van der Waals surface area contributed by atoms with Gasteiger partial charge in [-0.1, -0.05) is 45.4 Å². The van der Waals surface area contributed by atoms with Crippen LogP contribution in [0, 0.1) is 0 Å². The van der Waals surface area contributed by atoms with Gasteiger partial charge in [0.05, 0.1) is 19.9 Å². The van der Waals surface area contributed by atoms with Crippen LogP contribution in [-0.4, -0.2) is 26.0 Å². The molecular formula is C18H29N3O3. The van der Waals surface area contributed by atoms with E-state index in [4.69, 9.17) is 15.2 Å². The van der Waals surface area contributed by atoms with Gasteiger partial charge in [0.2, 0.25) is 0 Å². The SMILES string of the molecule is CCCCCCCCCOc1ccc(/C=N\NC(N)=O)cc1OC. The molecule has 6 heteroatoms. The van der Waals surface area contributed by atoms with Crippen molar-refractivity contribution in [2.45, 2.75) is 51.9 Å². The Bertz CT molecular complexity index is 518. The van der Waals surface area contributed by atoms with E-state index in [0.29, 0.717) is 18.1 Å². The van der Waals surface area contributed by atoms with Crippen LogP contribution in [0.15, 0.2) is 23.3 Å². The predicted molar refractivity (Wildman–Crippen MR) is 96.8 cm³/mol. The summed E-state index contributed by atoms with van der Waals surface area (Å²) in [7, 11) is 1.60. The number of nitrogens with two attached hydrogens (primary N) is 1. The number of rotatable bonds is 12. The molecule has 0 atom stereocenters. The number of nitrogens with one attached hydrogen (secondary N) is 1. The van der Waals surface area contributed by atoms with Crippen LogP contribution in [0.1, 0.15) is 57.4 Å². The monoisotopic (exact) mass is 335 g/mol. The Balaban J connectivity index is 2.37. The first-order chi connectivity index (χ1) is 11.7. The Hall–Kier alpha value is -2.24. The highest BCUT2D eigenvalue weighted by Crippen LogP contribution is 2.27. The Labute approximate surface area is 144 Å². The zero-order valence-electron chi connectivity index (χ0n) is 14.7. The molecule has 0 unspecified atom stereocenters. The van der Waals surface area contributed by atoms with Gasteiger partial charge in [0, 0.05) is 0 Å². The number of carbonyl (C=O) groups excluding carboxylic acids is 1. The van der Waals surface area contributed by atoms with E-state index in [9.17, 15) is 4.79 Å². The van der Waals surface area contributed by atoms with E-state index in [1.165, 1.54) is 44.7 Å². The maximum atomic E-state index is 10.6. The molecule has 1 aromatic carbocycles. The normalized spacial score (nSPS) is 10.8. The van der Waals surface area contributed by atoms with Crippen LogP contribution in [0.5, 0.6) is 11.5 Å². The molecule has 0 radical (unpaired) electrons. The second-order valence-corrected chi connectivity index (χ2v) is 5.61. The molecule has 0 spiro atoms. The number of hydrogen-bond donors (Lipinski definition) is 2. The van der Waals surface area contributed by atoms with Crippen molar-refractivity contribution in [1.82, 2.24) is 5.43 Å². The molecule has 0 bridgehead atoms. The van der Waals surface area contributed by atoms with Crippen molar-refractivity contribution in [1.29, 1.82) is 0 Å². The number of hydrazone groups is 1. The van der Waals surface area contributed by atoms with Crippen LogP contribution in [0.25, 0.3) is 0 Å². The number of amides is 2. The average Bonchev–Trinajstić information content (AvgIpc) is 2.57. The summed E-state index contributed by atoms with van der Waals surface area (Å²) < 4.78 is 11.1. The molecule has 0 aliphatic carbocycles. The van der Waals surface area contributed by atoms with E-state index in [1.54, 1.807) is 13.2 Å². The van der Waals surface area contributed by atoms with Crippen LogP contribution in [0.2, 0.25) is 0 Å². The fourth-order valence-corrected chi connectivity index (χ4v) is 2.30. The van der Waals surface area contributed by atoms with Crippen LogP contribution in [0.4, 0.5) is 4.79 Å². The van der Waals surface area contributed by atoms with Gasteiger partial charge < -0.3 is 15.2 Å². The van der Waals surface area contributed by atoms with E-state index in [-0.39, 0.29) is 0 Å². The minimum Gasteiger partial charge on any atom is -0.493 e. The lowest BCUT2D eigenvalue weighted by Gasteiger charge is -2.11. The molecule has 6 nitrogen and oxygen atoms in total. The molecule has 0 fully saturated rings. The minimum absolute atomic E-state index is 0.640. The standard InChI is InChI=1S/C18H29N3O3/c1-3-4-5-6-7-8-9-12-24-16-11-10-15(13-17(16)23-2)14-20-21-18(19)22/h10-11,13-14H,3-9,12H2,1-2H3,(H3,19,21,22)/b20-14-. The Morgan fingerprint density at radius 3 is 2.54 bits per heavy atom. The number of ether oxygens (including phenoxy) is 2. The van der Waals surface area contributed by atoms with Gasteiger partial charge in [0.1, 0.15) is 0 Å². The molecule has 0 heterocycles. The molecule has 0 saturated heterocycles. The zero-order valence-corrected chi connectivity index (χ0v) is 14.7. The Kier molecular flexibility index (Phi) is 10.1. The molecule has 0 aromatic heterocycles. The highest BCUT2D eigenvalue weighted by Gasteiger charge is 2.05. The van der Waals surface area contributed by atoms with Crippen molar-refractivity contribution in [2.75, 3.05) is 13.7 Å². The molecule has 134 valence electrons. The first kappa shape index (κ1) is 19.8. The Morgan fingerprint density at radius 1 is 1.17 bits per heavy atom. The number of methoxy groups -OCH3 is 1. The number of primary amides is 1. The third-order valence-electron chi connectivity index (χ3n) is 3.58. The summed E-state index contributed by atoms with van der Waals surface area (Å²) >= 11 is 0.